The molecule has 0 spiro atoms. The van der Waals surface area contributed by atoms with Crippen molar-refractivity contribution >= 4 is 17.9 Å². The summed E-state index contributed by atoms with van der Waals surface area (Å²) in [5, 5.41) is 11.2. The second kappa shape index (κ2) is 5.09. The van der Waals surface area contributed by atoms with Gasteiger partial charge in [0.05, 0.1) is 6.42 Å². The Bertz CT molecular complexity index is 515. The molecule has 2 rings (SSSR count). The van der Waals surface area contributed by atoms with Crippen molar-refractivity contribution in [3.05, 3.63) is 35.9 Å². The van der Waals surface area contributed by atoms with Crippen LogP contribution in [-0.4, -0.2) is 40.8 Å². The van der Waals surface area contributed by atoms with E-state index in [1.807, 2.05) is 6.07 Å². The standard InChI is InChI=1S/C13H14N2O4/c1-14-11(16)7-10(12(14)17)15(13(18)19)8-9-5-3-2-4-6-9/h2-6,10H,7-8H2,1H3,(H,18,19)/p-1/t10-/m1/s1. The maximum absolute atomic E-state index is 11.8. The van der Waals surface area contributed by atoms with Crippen LogP contribution >= 0.6 is 0 Å². The zero-order chi connectivity index (χ0) is 14.0. The largest absolute Gasteiger partial charge is 0.530 e. The number of amides is 3. The summed E-state index contributed by atoms with van der Waals surface area (Å²) in [6.07, 6.45) is -1.58. The number of hydrogen-bond donors (Lipinski definition) is 0. The lowest BCUT2D eigenvalue weighted by atomic mass is 10.1. The Kier molecular flexibility index (Phi) is 3.50. The molecule has 1 fully saturated rings. The van der Waals surface area contributed by atoms with E-state index < -0.39 is 18.0 Å². The Hall–Kier alpha value is -2.37. The molecule has 100 valence electrons. The van der Waals surface area contributed by atoms with Crippen LogP contribution in [0.25, 0.3) is 0 Å². The van der Waals surface area contributed by atoms with E-state index in [1.54, 1.807) is 24.3 Å². The maximum Gasteiger partial charge on any atom is 0.252 e. The van der Waals surface area contributed by atoms with Crippen molar-refractivity contribution in [2.45, 2.75) is 19.0 Å². The molecular weight excluding hydrogens is 248 g/mol. The first-order valence-corrected chi connectivity index (χ1v) is 5.82. The van der Waals surface area contributed by atoms with Crippen LogP contribution in [-0.2, 0) is 16.1 Å². The Morgan fingerprint density at radius 2 is 2.00 bits per heavy atom. The van der Waals surface area contributed by atoms with Crippen LogP contribution in [0.1, 0.15) is 12.0 Å². The Morgan fingerprint density at radius 3 is 2.47 bits per heavy atom. The number of benzene rings is 1. The third-order valence-corrected chi connectivity index (χ3v) is 3.16. The number of carbonyl (C=O) groups is 3. The van der Waals surface area contributed by atoms with Gasteiger partial charge in [-0.25, -0.2) is 0 Å². The Balaban J connectivity index is 2.20. The quantitative estimate of drug-likeness (QED) is 0.693. The molecule has 1 aliphatic heterocycles. The highest BCUT2D eigenvalue weighted by Crippen LogP contribution is 2.19. The average molecular weight is 261 g/mol. The molecule has 1 aromatic carbocycles. The molecule has 6 heteroatoms. The maximum atomic E-state index is 11.8. The molecule has 0 radical (unpaired) electrons. The number of rotatable bonds is 3. The third-order valence-electron chi connectivity index (χ3n) is 3.16. The summed E-state index contributed by atoms with van der Waals surface area (Å²) >= 11 is 0. The second-order valence-electron chi connectivity index (χ2n) is 4.39. The Labute approximate surface area is 110 Å². The van der Waals surface area contributed by atoms with Gasteiger partial charge in [-0.2, -0.15) is 0 Å². The molecule has 19 heavy (non-hydrogen) atoms. The predicted octanol–water partition coefficient (Wildman–Crippen LogP) is -0.411. The minimum atomic E-state index is -1.45. The van der Waals surface area contributed by atoms with Crippen molar-refractivity contribution < 1.29 is 19.5 Å². The molecular formula is C13H13N2O4-. The van der Waals surface area contributed by atoms with Crippen molar-refractivity contribution in [2.75, 3.05) is 7.05 Å². The van der Waals surface area contributed by atoms with Gasteiger partial charge in [0.15, 0.2) is 0 Å². The zero-order valence-corrected chi connectivity index (χ0v) is 10.4. The molecule has 0 saturated carbocycles. The van der Waals surface area contributed by atoms with Crippen molar-refractivity contribution in [3.8, 4) is 0 Å². The van der Waals surface area contributed by atoms with Gasteiger partial charge in [-0.1, -0.05) is 30.3 Å². The summed E-state index contributed by atoms with van der Waals surface area (Å²) < 4.78 is 0. The number of hydrogen-bond acceptors (Lipinski definition) is 4. The van der Waals surface area contributed by atoms with Crippen molar-refractivity contribution in [1.82, 2.24) is 9.80 Å². The minimum absolute atomic E-state index is 0.0285. The average Bonchev–Trinajstić information content (AvgIpc) is 2.64. The van der Waals surface area contributed by atoms with E-state index in [0.29, 0.717) is 0 Å². The summed E-state index contributed by atoms with van der Waals surface area (Å²) in [4.78, 5) is 36.3. The number of likely N-dealkylation sites (N-methyl/N-ethyl adjacent to an activating group) is 1. The topological polar surface area (TPSA) is 80.8 Å². The first-order chi connectivity index (χ1) is 9.00. The van der Waals surface area contributed by atoms with Gasteiger partial charge in [0.1, 0.15) is 12.1 Å². The number of carboxylic acid groups (broad SMARTS) is 1. The van der Waals surface area contributed by atoms with Crippen LogP contribution in [0.2, 0.25) is 0 Å². The van der Waals surface area contributed by atoms with Crippen molar-refractivity contribution in [3.63, 3.8) is 0 Å². The summed E-state index contributed by atoms with van der Waals surface area (Å²) in [6.45, 7) is 0.0285. The summed E-state index contributed by atoms with van der Waals surface area (Å²) in [5.74, 6) is -0.889. The Morgan fingerprint density at radius 1 is 1.37 bits per heavy atom. The first-order valence-electron chi connectivity index (χ1n) is 5.82. The van der Waals surface area contributed by atoms with Gasteiger partial charge in [0, 0.05) is 13.6 Å². The number of likely N-dealkylation sites (tertiary alicyclic amines) is 1. The molecule has 0 unspecified atom stereocenters. The highest BCUT2D eigenvalue weighted by Gasteiger charge is 2.39. The molecule has 0 bridgehead atoms. The molecule has 1 heterocycles. The van der Waals surface area contributed by atoms with Crippen LogP contribution in [0.15, 0.2) is 30.3 Å². The van der Waals surface area contributed by atoms with Gasteiger partial charge in [-0.15, -0.1) is 0 Å². The lowest BCUT2D eigenvalue weighted by molar-refractivity contribution is -0.268. The van der Waals surface area contributed by atoms with Gasteiger partial charge < -0.3 is 14.8 Å². The van der Waals surface area contributed by atoms with Gasteiger partial charge in [-0.3, -0.25) is 14.5 Å². The van der Waals surface area contributed by atoms with E-state index in [9.17, 15) is 19.5 Å². The number of imide groups is 1. The molecule has 3 amide bonds. The SMILES string of the molecule is CN1C(=O)C[C@@H](N(Cc2ccccc2)C(=O)[O-])C1=O. The monoisotopic (exact) mass is 261 g/mol. The van der Waals surface area contributed by atoms with Gasteiger partial charge in [-0.05, 0) is 5.56 Å². The summed E-state index contributed by atoms with van der Waals surface area (Å²) in [5.41, 5.74) is 0.738. The fraction of sp³-hybridized carbons (Fsp3) is 0.308. The van der Waals surface area contributed by atoms with Gasteiger partial charge >= 0.3 is 0 Å². The third kappa shape index (κ3) is 2.57. The normalized spacial score (nSPS) is 18.8. The number of carbonyl (C=O) groups excluding carboxylic acids is 3. The lowest BCUT2D eigenvalue weighted by Gasteiger charge is -2.29. The van der Waals surface area contributed by atoms with E-state index in [2.05, 4.69) is 0 Å². The molecule has 0 N–H and O–H groups in total. The van der Waals surface area contributed by atoms with Crippen LogP contribution in [0.3, 0.4) is 0 Å². The van der Waals surface area contributed by atoms with Crippen LogP contribution in [0, 0.1) is 0 Å². The van der Waals surface area contributed by atoms with E-state index in [-0.39, 0.29) is 18.9 Å². The highest BCUT2D eigenvalue weighted by atomic mass is 16.4. The van der Waals surface area contributed by atoms with E-state index in [0.717, 1.165) is 15.4 Å². The van der Waals surface area contributed by atoms with E-state index in [4.69, 9.17) is 0 Å². The number of nitrogens with zero attached hydrogens (tertiary/aromatic N) is 2. The minimum Gasteiger partial charge on any atom is -0.530 e. The van der Waals surface area contributed by atoms with Crippen LogP contribution < -0.4 is 5.11 Å². The molecule has 6 nitrogen and oxygen atoms in total. The zero-order valence-electron chi connectivity index (χ0n) is 10.4. The lowest BCUT2D eigenvalue weighted by Crippen LogP contribution is -2.49. The molecule has 0 aliphatic carbocycles. The van der Waals surface area contributed by atoms with E-state index >= 15 is 0 Å². The van der Waals surface area contributed by atoms with Crippen molar-refractivity contribution in [2.24, 2.45) is 0 Å². The summed E-state index contributed by atoms with van der Waals surface area (Å²) in [6, 6.07) is 7.88. The smallest absolute Gasteiger partial charge is 0.252 e. The van der Waals surface area contributed by atoms with Gasteiger partial charge in [0.25, 0.3) is 5.91 Å². The van der Waals surface area contributed by atoms with E-state index in [1.165, 1.54) is 7.05 Å². The van der Waals surface area contributed by atoms with Crippen LogP contribution in [0.4, 0.5) is 4.79 Å². The fourth-order valence-electron chi connectivity index (χ4n) is 2.06. The molecule has 1 aliphatic rings. The molecule has 0 aromatic heterocycles. The van der Waals surface area contributed by atoms with Crippen LogP contribution in [0.5, 0.6) is 0 Å². The van der Waals surface area contributed by atoms with Crippen molar-refractivity contribution in [1.29, 1.82) is 0 Å². The second-order valence-corrected chi connectivity index (χ2v) is 4.39. The highest BCUT2D eigenvalue weighted by molar-refractivity contribution is 6.06. The summed E-state index contributed by atoms with van der Waals surface area (Å²) in [7, 11) is 1.35. The fourth-order valence-corrected chi connectivity index (χ4v) is 2.06. The first kappa shape index (κ1) is 13.1. The predicted molar refractivity (Wildman–Crippen MR) is 63.6 cm³/mol. The molecule has 1 aromatic rings. The van der Waals surface area contributed by atoms with Gasteiger partial charge in [0.2, 0.25) is 5.91 Å². The molecule has 1 saturated heterocycles. The molecule has 1 atom stereocenters.